The number of nitrogens with one attached hydrogen (secondary N) is 1. The fraction of sp³-hybridized carbons (Fsp3) is 0.360. The van der Waals surface area contributed by atoms with Gasteiger partial charge in [-0.1, -0.05) is 48.0 Å². The zero-order valence-electron chi connectivity index (χ0n) is 17.8. The molecule has 3 aromatic rings. The van der Waals surface area contributed by atoms with Crippen molar-refractivity contribution in [3.63, 3.8) is 0 Å². The molecule has 1 fully saturated rings. The third-order valence-corrected chi connectivity index (χ3v) is 5.62. The zero-order chi connectivity index (χ0) is 20.9. The van der Waals surface area contributed by atoms with Crippen molar-refractivity contribution in [3.8, 4) is 11.1 Å². The minimum absolute atomic E-state index is 0.0338. The van der Waals surface area contributed by atoms with Crippen LogP contribution >= 0.6 is 0 Å². The van der Waals surface area contributed by atoms with Crippen molar-refractivity contribution in [1.29, 1.82) is 0 Å². The number of ether oxygens (including phenoxy) is 1. The summed E-state index contributed by atoms with van der Waals surface area (Å²) in [6, 6.07) is 16.4. The molecule has 0 unspecified atom stereocenters. The predicted octanol–water partition coefficient (Wildman–Crippen LogP) is 3.97. The van der Waals surface area contributed by atoms with E-state index >= 15 is 0 Å². The van der Waals surface area contributed by atoms with Crippen LogP contribution in [0.15, 0.2) is 48.5 Å². The van der Waals surface area contributed by atoms with Crippen LogP contribution in [0, 0.1) is 13.8 Å². The lowest BCUT2D eigenvalue weighted by molar-refractivity contribution is 0.0374. The summed E-state index contributed by atoms with van der Waals surface area (Å²) in [6.07, 6.45) is 0.933. The van der Waals surface area contributed by atoms with E-state index in [1.54, 1.807) is 0 Å². The molecule has 0 bridgehead atoms. The highest BCUT2D eigenvalue weighted by molar-refractivity contribution is 6.09. The highest BCUT2D eigenvalue weighted by Crippen LogP contribution is 2.29. The van der Waals surface area contributed by atoms with Crippen molar-refractivity contribution >= 4 is 16.8 Å². The summed E-state index contributed by atoms with van der Waals surface area (Å²) in [5, 5.41) is 3.99. The topological polar surface area (TPSA) is 54.5 Å². The highest BCUT2D eigenvalue weighted by atomic mass is 16.5. The number of hydrogen-bond acceptors (Lipinski definition) is 4. The predicted molar refractivity (Wildman–Crippen MR) is 121 cm³/mol. The van der Waals surface area contributed by atoms with Gasteiger partial charge in [-0.2, -0.15) is 0 Å². The Morgan fingerprint density at radius 2 is 1.87 bits per heavy atom. The number of rotatable bonds is 6. The number of benzene rings is 2. The first-order valence-corrected chi connectivity index (χ1v) is 10.7. The maximum absolute atomic E-state index is 13.0. The van der Waals surface area contributed by atoms with Gasteiger partial charge in [-0.15, -0.1) is 0 Å². The molecule has 5 nitrogen and oxygen atoms in total. The number of carbonyl (C=O) groups excluding carboxylic acids is 1. The number of aromatic nitrogens is 1. The lowest BCUT2D eigenvalue weighted by atomic mass is 9.98. The van der Waals surface area contributed by atoms with Crippen LogP contribution in [0.1, 0.15) is 28.0 Å². The number of carbonyl (C=O) groups is 1. The Balaban J connectivity index is 1.52. The number of pyridine rings is 1. The molecule has 0 saturated carbocycles. The van der Waals surface area contributed by atoms with Crippen LogP contribution in [-0.4, -0.2) is 55.2 Å². The second-order valence-electron chi connectivity index (χ2n) is 7.94. The standard InChI is InChI=1S/C25H29N3O2/c1-18-7-9-20(10-8-18)21-5-3-6-22-23(17-19(2)27-24(21)22)25(29)26-11-4-12-28-13-15-30-16-14-28/h3,5-10,17H,4,11-16H2,1-2H3,(H,26,29). The summed E-state index contributed by atoms with van der Waals surface area (Å²) in [7, 11) is 0. The van der Waals surface area contributed by atoms with Crippen LogP contribution in [0.25, 0.3) is 22.0 Å². The molecule has 1 saturated heterocycles. The SMILES string of the molecule is Cc1ccc(-c2cccc3c(C(=O)NCCCN4CCOCC4)cc(C)nc23)cc1. The first-order chi connectivity index (χ1) is 14.6. The number of aryl methyl sites for hydroxylation is 2. The van der Waals surface area contributed by atoms with Crippen LogP contribution in [0.3, 0.4) is 0 Å². The van der Waals surface area contributed by atoms with E-state index in [0.29, 0.717) is 12.1 Å². The Labute approximate surface area is 178 Å². The molecule has 1 aliphatic rings. The average Bonchev–Trinajstić information content (AvgIpc) is 2.77. The average molecular weight is 404 g/mol. The molecule has 2 heterocycles. The van der Waals surface area contributed by atoms with Gasteiger partial charge in [0.1, 0.15) is 0 Å². The largest absolute Gasteiger partial charge is 0.379 e. The maximum atomic E-state index is 13.0. The summed E-state index contributed by atoms with van der Waals surface area (Å²) in [5.74, 6) is -0.0338. The molecule has 30 heavy (non-hydrogen) atoms. The Morgan fingerprint density at radius 3 is 2.63 bits per heavy atom. The summed E-state index contributed by atoms with van der Waals surface area (Å²) in [6.45, 7) is 9.23. The van der Waals surface area contributed by atoms with Crippen molar-refractivity contribution in [2.75, 3.05) is 39.4 Å². The van der Waals surface area contributed by atoms with E-state index in [4.69, 9.17) is 9.72 Å². The van der Waals surface area contributed by atoms with Gasteiger partial charge >= 0.3 is 0 Å². The molecular weight excluding hydrogens is 374 g/mol. The van der Waals surface area contributed by atoms with Gasteiger partial charge in [0.2, 0.25) is 0 Å². The Kier molecular flexibility index (Phi) is 6.41. The van der Waals surface area contributed by atoms with Gasteiger partial charge in [0, 0.05) is 36.3 Å². The first kappa shape index (κ1) is 20.5. The lowest BCUT2D eigenvalue weighted by Crippen LogP contribution is -2.38. The molecule has 1 aliphatic heterocycles. The van der Waals surface area contributed by atoms with Gasteiger partial charge in [0.25, 0.3) is 5.91 Å². The molecule has 1 N–H and O–H groups in total. The summed E-state index contributed by atoms with van der Waals surface area (Å²) in [5.41, 5.74) is 5.80. The molecule has 0 atom stereocenters. The zero-order valence-corrected chi connectivity index (χ0v) is 17.8. The van der Waals surface area contributed by atoms with E-state index in [-0.39, 0.29) is 5.91 Å². The summed E-state index contributed by atoms with van der Waals surface area (Å²) < 4.78 is 5.38. The highest BCUT2D eigenvalue weighted by Gasteiger charge is 2.15. The lowest BCUT2D eigenvalue weighted by Gasteiger charge is -2.26. The van der Waals surface area contributed by atoms with Crippen molar-refractivity contribution in [2.24, 2.45) is 0 Å². The third-order valence-electron chi connectivity index (χ3n) is 5.62. The number of nitrogens with zero attached hydrogens (tertiary/aromatic N) is 2. The van der Waals surface area contributed by atoms with E-state index in [1.165, 1.54) is 5.56 Å². The molecule has 0 spiro atoms. The Morgan fingerprint density at radius 1 is 1.10 bits per heavy atom. The van der Waals surface area contributed by atoms with Crippen molar-refractivity contribution in [3.05, 3.63) is 65.4 Å². The number of hydrogen-bond donors (Lipinski definition) is 1. The Bertz CT molecular complexity index is 1020. The normalized spacial score (nSPS) is 14.7. The monoisotopic (exact) mass is 403 g/mol. The fourth-order valence-electron chi connectivity index (χ4n) is 3.96. The second-order valence-corrected chi connectivity index (χ2v) is 7.94. The van der Waals surface area contributed by atoms with E-state index in [2.05, 4.69) is 47.5 Å². The Hall–Kier alpha value is -2.76. The molecule has 4 rings (SSSR count). The molecule has 0 radical (unpaired) electrons. The molecule has 2 aromatic carbocycles. The molecule has 156 valence electrons. The quantitative estimate of drug-likeness (QED) is 0.633. The van der Waals surface area contributed by atoms with Crippen molar-refractivity contribution in [2.45, 2.75) is 20.3 Å². The molecule has 1 amide bonds. The van der Waals surface area contributed by atoms with Crippen LogP contribution in [0.4, 0.5) is 0 Å². The summed E-state index contributed by atoms with van der Waals surface area (Å²) >= 11 is 0. The van der Waals surface area contributed by atoms with E-state index in [1.807, 2.05) is 25.1 Å². The van der Waals surface area contributed by atoms with Gasteiger partial charge in [-0.3, -0.25) is 14.7 Å². The van der Waals surface area contributed by atoms with Crippen molar-refractivity contribution < 1.29 is 9.53 Å². The van der Waals surface area contributed by atoms with Gasteiger partial charge in [0.05, 0.1) is 24.3 Å². The number of para-hydroxylation sites is 1. The van der Waals surface area contributed by atoms with Gasteiger partial charge in [0.15, 0.2) is 0 Å². The van der Waals surface area contributed by atoms with Crippen LogP contribution in [-0.2, 0) is 4.74 Å². The summed E-state index contributed by atoms with van der Waals surface area (Å²) in [4.78, 5) is 20.1. The minimum atomic E-state index is -0.0338. The third kappa shape index (κ3) is 4.69. The first-order valence-electron chi connectivity index (χ1n) is 10.7. The fourth-order valence-corrected chi connectivity index (χ4v) is 3.96. The number of fused-ring (bicyclic) bond motifs is 1. The van der Waals surface area contributed by atoms with E-state index in [9.17, 15) is 4.79 Å². The second kappa shape index (κ2) is 9.37. The van der Waals surface area contributed by atoms with Gasteiger partial charge in [-0.25, -0.2) is 0 Å². The van der Waals surface area contributed by atoms with Crippen molar-refractivity contribution in [1.82, 2.24) is 15.2 Å². The smallest absolute Gasteiger partial charge is 0.252 e. The van der Waals surface area contributed by atoms with Crippen LogP contribution in [0.5, 0.6) is 0 Å². The van der Waals surface area contributed by atoms with Gasteiger partial charge in [-0.05, 0) is 38.4 Å². The van der Waals surface area contributed by atoms with Crippen LogP contribution in [0.2, 0.25) is 0 Å². The number of morpholine rings is 1. The molecule has 0 aliphatic carbocycles. The molecule has 1 aromatic heterocycles. The van der Waals surface area contributed by atoms with E-state index < -0.39 is 0 Å². The van der Waals surface area contributed by atoms with Crippen LogP contribution < -0.4 is 5.32 Å². The molecule has 5 heteroatoms. The van der Waals surface area contributed by atoms with Gasteiger partial charge < -0.3 is 10.1 Å². The molecular formula is C25H29N3O2. The number of amides is 1. The van der Waals surface area contributed by atoms with E-state index in [0.717, 1.165) is 67.0 Å². The maximum Gasteiger partial charge on any atom is 0.252 e. The minimum Gasteiger partial charge on any atom is -0.379 e.